The molecule has 0 saturated carbocycles. The third-order valence-electron chi connectivity index (χ3n) is 4.31. The number of nitrogens with zero attached hydrogens (tertiary/aromatic N) is 5. The largest absolute Gasteiger partial charge is 0.260 e. The minimum atomic E-state index is 0.511. The number of fused-ring (bicyclic) bond motifs is 1. The van der Waals surface area contributed by atoms with Gasteiger partial charge in [-0.2, -0.15) is 10.2 Å². The zero-order chi connectivity index (χ0) is 17.4. The van der Waals surface area contributed by atoms with Crippen molar-refractivity contribution >= 4 is 39.8 Å². The van der Waals surface area contributed by atoms with Gasteiger partial charge in [0.25, 0.3) is 0 Å². The lowest BCUT2D eigenvalue weighted by molar-refractivity contribution is 0.696. The van der Waals surface area contributed by atoms with Gasteiger partial charge in [-0.3, -0.25) is 4.68 Å². The van der Waals surface area contributed by atoms with E-state index < -0.39 is 0 Å². The van der Waals surface area contributed by atoms with E-state index in [2.05, 4.69) is 34.5 Å². The summed E-state index contributed by atoms with van der Waals surface area (Å²) in [6.45, 7) is 3.12. The topological polar surface area (TPSA) is 54.9 Å². The first-order valence-electron chi connectivity index (χ1n) is 8.03. The number of halogens is 2. The van der Waals surface area contributed by atoms with E-state index in [1.165, 1.54) is 0 Å². The second-order valence-electron chi connectivity index (χ2n) is 5.83. The van der Waals surface area contributed by atoms with Gasteiger partial charge in [0.1, 0.15) is 6.54 Å². The van der Waals surface area contributed by atoms with Crippen LogP contribution in [0.2, 0.25) is 10.0 Å². The van der Waals surface area contributed by atoms with Gasteiger partial charge in [0.05, 0.1) is 23.5 Å². The van der Waals surface area contributed by atoms with Crippen LogP contribution in [0.3, 0.4) is 0 Å². The molecule has 0 spiro atoms. The second-order valence-corrected chi connectivity index (χ2v) is 6.64. The van der Waals surface area contributed by atoms with E-state index in [9.17, 15) is 0 Å². The molecule has 0 amide bonds. The lowest BCUT2D eigenvalue weighted by Crippen LogP contribution is -2.05. The van der Waals surface area contributed by atoms with Crippen LogP contribution in [0.15, 0.2) is 51.8 Å². The maximum absolute atomic E-state index is 6.34. The summed E-state index contributed by atoms with van der Waals surface area (Å²) < 4.78 is 1.95. The van der Waals surface area contributed by atoms with Crippen LogP contribution in [0.5, 0.6) is 0 Å². The average molecular weight is 372 g/mol. The summed E-state index contributed by atoms with van der Waals surface area (Å²) in [4.78, 5) is 0. The highest BCUT2D eigenvalue weighted by atomic mass is 35.5. The number of aromatic nitrogens is 2. The number of benzene rings is 2. The predicted octanol–water partition coefficient (Wildman–Crippen LogP) is 5.12. The van der Waals surface area contributed by atoms with Crippen LogP contribution >= 0.6 is 23.2 Å². The molecule has 1 aromatic heterocycles. The molecule has 7 heteroatoms. The first-order chi connectivity index (χ1) is 12.2. The molecule has 0 radical (unpaired) electrons. The number of rotatable bonds is 4. The predicted molar refractivity (Wildman–Crippen MR) is 101 cm³/mol. The van der Waals surface area contributed by atoms with Crippen LogP contribution in [0.1, 0.15) is 23.7 Å². The van der Waals surface area contributed by atoms with Crippen LogP contribution in [0, 0.1) is 0 Å². The molecule has 0 saturated heterocycles. The smallest absolute Gasteiger partial charge is 0.107 e. The maximum atomic E-state index is 6.34. The van der Waals surface area contributed by atoms with Crippen molar-refractivity contribution in [3.05, 3.63) is 63.3 Å². The highest BCUT2D eigenvalue weighted by Crippen LogP contribution is 2.28. The molecule has 0 atom stereocenters. The fourth-order valence-electron chi connectivity index (χ4n) is 3.00. The number of hydrogen-bond acceptors (Lipinski definition) is 4. The van der Waals surface area contributed by atoms with E-state index in [0.717, 1.165) is 39.9 Å². The van der Waals surface area contributed by atoms with E-state index >= 15 is 0 Å². The Morgan fingerprint density at radius 2 is 1.92 bits per heavy atom. The fraction of sp³-hybridized carbons (Fsp3) is 0.222. The third kappa shape index (κ3) is 2.94. The zero-order valence-electron chi connectivity index (χ0n) is 13.6. The van der Waals surface area contributed by atoms with Crippen LogP contribution in [-0.2, 0) is 13.0 Å². The first kappa shape index (κ1) is 16.2. The SMILES string of the molecule is CCc1nn(Cc2c(Cl)cccc2Cl)c2cc(C3=NN=NC3)ccc12. The standard InChI is InChI=1S/C18H15Cl2N5/c1-2-16-12-7-6-11(17-9-21-24-22-17)8-18(12)25(23-16)10-13-14(19)4-3-5-15(13)20/h3-8H,2,9-10H2,1H3. The Kier molecular flexibility index (Phi) is 4.27. The summed E-state index contributed by atoms with van der Waals surface area (Å²) in [6, 6.07) is 11.7. The van der Waals surface area contributed by atoms with Crippen LogP contribution in [-0.4, -0.2) is 22.0 Å². The van der Waals surface area contributed by atoms with Crippen molar-refractivity contribution in [3.8, 4) is 0 Å². The molecule has 126 valence electrons. The Morgan fingerprint density at radius 3 is 2.60 bits per heavy atom. The normalized spacial score (nSPS) is 13.6. The van der Waals surface area contributed by atoms with Crippen molar-refractivity contribution < 1.29 is 0 Å². The lowest BCUT2D eigenvalue weighted by Gasteiger charge is -2.09. The molecule has 2 aromatic carbocycles. The second kappa shape index (κ2) is 6.58. The molecule has 1 aliphatic rings. The molecule has 0 N–H and O–H groups in total. The van der Waals surface area contributed by atoms with Gasteiger partial charge in [-0.05, 0) is 29.8 Å². The van der Waals surface area contributed by atoms with E-state index in [1.807, 2.05) is 28.9 Å². The molecule has 3 aromatic rings. The first-order valence-corrected chi connectivity index (χ1v) is 8.79. The average Bonchev–Trinajstić information content (AvgIpc) is 3.26. The van der Waals surface area contributed by atoms with E-state index in [1.54, 1.807) is 0 Å². The molecule has 2 heterocycles. The summed E-state index contributed by atoms with van der Waals surface area (Å²) in [5.41, 5.74) is 4.81. The highest BCUT2D eigenvalue weighted by Gasteiger charge is 2.15. The summed E-state index contributed by atoms with van der Waals surface area (Å²) in [6.07, 6.45) is 0.852. The molecule has 0 bridgehead atoms. The molecule has 25 heavy (non-hydrogen) atoms. The van der Waals surface area contributed by atoms with Crippen molar-refractivity contribution in [2.75, 3.05) is 6.54 Å². The van der Waals surface area contributed by atoms with Gasteiger partial charge in [0.2, 0.25) is 0 Å². The van der Waals surface area contributed by atoms with Gasteiger partial charge in [-0.25, -0.2) is 0 Å². The third-order valence-corrected chi connectivity index (χ3v) is 5.02. The molecule has 4 rings (SSSR count). The van der Waals surface area contributed by atoms with Crippen molar-refractivity contribution in [1.82, 2.24) is 9.78 Å². The fourth-order valence-corrected chi connectivity index (χ4v) is 3.52. The van der Waals surface area contributed by atoms with Gasteiger partial charge in [-0.1, -0.05) is 48.3 Å². The van der Waals surface area contributed by atoms with Crippen LogP contribution in [0.25, 0.3) is 10.9 Å². The Labute approximate surface area is 155 Å². The zero-order valence-corrected chi connectivity index (χ0v) is 15.1. The Hall–Kier alpha value is -2.24. The van der Waals surface area contributed by atoms with Crippen LogP contribution < -0.4 is 0 Å². The van der Waals surface area contributed by atoms with Crippen LogP contribution in [0.4, 0.5) is 0 Å². The van der Waals surface area contributed by atoms with Gasteiger partial charge in [0.15, 0.2) is 0 Å². The molecule has 0 unspecified atom stereocenters. The van der Waals surface area contributed by atoms with Crippen molar-refractivity contribution in [2.45, 2.75) is 19.9 Å². The van der Waals surface area contributed by atoms with E-state index in [0.29, 0.717) is 23.1 Å². The van der Waals surface area contributed by atoms with Gasteiger partial charge in [0, 0.05) is 26.6 Å². The van der Waals surface area contributed by atoms with E-state index in [-0.39, 0.29) is 0 Å². The van der Waals surface area contributed by atoms with Crippen molar-refractivity contribution in [1.29, 1.82) is 0 Å². The molecular weight excluding hydrogens is 357 g/mol. The monoisotopic (exact) mass is 371 g/mol. The Balaban J connectivity index is 1.83. The van der Waals surface area contributed by atoms with E-state index in [4.69, 9.17) is 28.3 Å². The number of aryl methyl sites for hydroxylation is 1. The Morgan fingerprint density at radius 1 is 1.12 bits per heavy atom. The van der Waals surface area contributed by atoms with Gasteiger partial charge >= 0.3 is 0 Å². The van der Waals surface area contributed by atoms with Crippen molar-refractivity contribution in [3.63, 3.8) is 0 Å². The summed E-state index contributed by atoms with van der Waals surface area (Å²) in [5.74, 6) is 0. The molecule has 0 fully saturated rings. The minimum Gasteiger partial charge on any atom is -0.260 e. The highest BCUT2D eigenvalue weighted by molar-refractivity contribution is 6.36. The van der Waals surface area contributed by atoms with Gasteiger partial charge in [-0.15, -0.1) is 5.10 Å². The van der Waals surface area contributed by atoms with Gasteiger partial charge < -0.3 is 0 Å². The molecule has 1 aliphatic heterocycles. The summed E-state index contributed by atoms with van der Waals surface area (Å²) in [5, 5.41) is 18.9. The molecule has 0 aliphatic carbocycles. The lowest BCUT2D eigenvalue weighted by atomic mass is 10.1. The molecular formula is C18H15Cl2N5. The Bertz CT molecular complexity index is 999. The number of hydrogen-bond donors (Lipinski definition) is 0. The minimum absolute atomic E-state index is 0.511. The van der Waals surface area contributed by atoms with Crippen molar-refractivity contribution in [2.24, 2.45) is 15.4 Å². The quantitative estimate of drug-likeness (QED) is 0.627. The summed E-state index contributed by atoms with van der Waals surface area (Å²) in [7, 11) is 0. The molecule has 5 nitrogen and oxygen atoms in total. The summed E-state index contributed by atoms with van der Waals surface area (Å²) >= 11 is 12.7. The maximum Gasteiger partial charge on any atom is 0.107 e.